The Morgan fingerprint density at radius 1 is 1.08 bits per heavy atom. The summed E-state index contributed by atoms with van der Waals surface area (Å²) in [6, 6.07) is 0. The van der Waals surface area contributed by atoms with Crippen LogP contribution in [-0.2, 0) is 0 Å². The van der Waals surface area contributed by atoms with Gasteiger partial charge in [0.25, 0.3) is 0 Å². The molecule has 0 bridgehead atoms. The summed E-state index contributed by atoms with van der Waals surface area (Å²) in [6.07, 6.45) is 5.58. The van der Waals surface area contributed by atoms with Crippen LogP contribution in [0.15, 0.2) is 0 Å². The fourth-order valence-corrected chi connectivity index (χ4v) is 1.73. The van der Waals surface area contributed by atoms with Crippen molar-refractivity contribution in [2.75, 3.05) is 0 Å². The van der Waals surface area contributed by atoms with Crippen molar-refractivity contribution in [3.8, 4) is 11.8 Å². The van der Waals surface area contributed by atoms with Gasteiger partial charge in [0, 0.05) is 6.42 Å². The zero-order valence-corrected chi connectivity index (χ0v) is 9.19. The molecular weight excluding hydrogens is 160 g/mol. The highest BCUT2D eigenvalue weighted by atomic mass is 16.3. The van der Waals surface area contributed by atoms with Gasteiger partial charge in [-0.25, -0.2) is 0 Å². The van der Waals surface area contributed by atoms with Crippen molar-refractivity contribution in [2.24, 2.45) is 0 Å². The van der Waals surface area contributed by atoms with E-state index in [1.165, 1.54) is 0 Å². The topological polar surface area (TPSA) is 20.2 Å². The van der Waals surface area contributed by atoms with Gasteiger partial charge in [0.15, 0.2) is 0 Å². The Balaban J connectivity index is 3.95. The Kier molecular flexibility index (Phi) is 6.72. The van der Waals surface area contributed by atoms with E-state index in [1.54, 1.807) is 0 Å². The molecule has 76 valence electrons. The van der Waals surface area contributed by atoms with Crippen molar-refractivity contribution in [3.63, 3.8) is 0 Å². The number of rotatable bonds is 6. The lowest BCUT2D eigenvalue weighted by molar-refractivity contribution is 0.0143. The summed E-state index contributed by atoms with van der Waals surface area (Å²) < 4.78 is 0. The molecule has 0 aliphatic heterocycles. The van der Waals surface area contributed by atoms with Gasteiger partial charge in [0.1, 0.15) is 0 Å². The molecule has 0 aromatic heterocycles. The molecule has 13 heavy (non-hydrogen) atoms. The van der Waals surface area contributed by atoms with Crippen LogP contribution in [0.3, 0.4) is 0 Å². The van der Waals surface area contributed by atoms with Crippen molar-refractivity contribution in [2.45, 2.75) is 64.9 Å². The predicted octanol–water partition coefficient (Wildman–Crippen LogP) is 3.12. The van der Waals surface area contributed by atoms with Crippen LogP contribution in [0.4, 0.5) is 0 Å². The molecule has 0 amide bonds. The van der Waals surface area contributed by atoms with Crippen LogP contribution in [0, 0.1) is 11.8 Å². The highest BCUT2D eigenvalue weighted by Gasteiger charge is 2.23. The first kappa shape index (κ1) is 12.5. The van der Waals surface area contributed by atoms with E-state index >= 15 is 0 Å². The first-order valence-electron chi connectivity index (χ1n) is 5.30. The quantitative estimate of drug-likeness (QED) is 0.626. The number of hydrogen-bond acceptors (Lipinski definition) is 1. The van der Waals surface area contributed by atoms with Crippen molar-refractivity contribution in [1.29, 1.82) is 0 Å². The van der Waals surface area contributed by atoms with Crippen molar-refractivity contribution in [3.05, 3.63) is 0 Å². The van der Waals surface area contributed by atoms with E-state index in [4.69, 9.17) is 0 Å². The van der Waals surface area contributed by atoms with E-state index < -0.39 is 5.60 Å². The molecule has 0 rings (SSSR count). The van der Waals surface area contributed by atoms with E-state index in [2.05, 4.69) is 25.7 Å². The molecule has 0 aliphatic carbocycles. The van der Waals surface area contributed by atoms with Gasteiger partial charge in [-0.15, -0.1) is 11.8 Å². The zero-order chi connectivity index (χ0) is 10.2. The monoisotopic (exact) mass is 182 g/mol. The average Bonchev–Trinajstić information content (AvgIpc) is 2.05. The summed E-state index contributed by atoms with van der Waals surface area (Å²) in [5, 5.41) is 10.2. The molecule has 0 aromatic carbocycles. The molecule has 0 spiro atoms. The van der Waals surface area contributed by atoms with Gasteiger partial charge < -0.3 is 5.11 Å². The minimum absolute atomic E-state index is 0.451. The summed E-state index contributed by atoms with van der Waals surface area (Å²) >= 11 is 0. The van der Waals surface area contributed by atoms with Gasteiger partial charge in [0.05, 0.1) is 5.60 Å². The molecule has 0 radical (unpaired) electrons. The summed E-state index contributed by atoms with van der Waals surface area (Å²) in [5.41, 5.74) is -0.451. The third kappa shape index (κ3) is 5.71. The second-order valence-corrected chi connectivity index (χ2v) is 3.65. The summed E-state index contributed by atoms with van der Waals surface area (Å²) in [6.45, 7) is 6.08. The molecule has 0 atom stereocenters. The first-order chi connectivity index (χ1) is 6.18. The Morgan fingerprint density at radius 3 is 2.00 bits per heavy atom. The standard InChI is InChI=1S/C12H22O/c1-4-7-8-11-12(13,9-5-2)10-6-3/h13H,5-6,8-11H2,1-3H3. The summed E-state index contributed by atoms with van der Waals surface area (Å²) in [4.78, 5) is 0. The number of hydrogen-bond donors (Lipinski definition) is 1. The van der Waals surface area contributed by atoms with Gasteiger partial charge in [-0.05, 0) is 26.2 Å². The molecule has 0 saturated carbocycles. The van der Waals surface area contributed by atoms with Gasteiger partial charge in [-0.1, -0.05) is 26.7 Å². The molecule has 0 aliphatic rings. The van der Waals surface area contributed by atoms with Crippen molar-refractivity contribution >= 4 is 0 Å². The molecule has 0 unspecified atom stereocenters. The number of aliphatic hydroxyl groups is 1. The largest absolute Gasteiger partial charge is 0.390 e. The van der Waals surface area contributed by atoms with E-state index in [9.17, 15) is 5.11 Å². The minimum atomic E-state index is -0.451. The second-order valence-electron chi connectivity index (χ2n) is 3.65. The van der Waals surface area contributed by atoms with Gasteiger partial charge in [-0.3, -0.25) is 0 Å². The predicted molar refractivity (Wildman–Crippen MR) is 57.4 cm³/mol. The van der Waals surface area contributed by atoms with Crippen LogP contribution in [0.25, 0.3) is 0 Å². The maximum absolute atomic E-state index is 10.2. The molecular formula is C12H22O. The lowest BCUT2D eigenvalue weighted by Crippen LogP contribution is -2.27. The molecule has 0 saturated heterocycles. The Hall–Kier alpha value is -0.480. The van der Waals surface area contributed by atoms with Gasteiger partial charge in [-0.2, -0.15) is 0 Å². The molecule has 1 nitrogen and oxygen atoms in total. The lowest BCUT2D eigenvalue weighted by atomic mass is 9.88. The Morgan fingerprint density at radius 2 is 1.62 bits per heavy atom. The molecule has 1 N–H and O–H groups in total. The SMILES string of the molecule is CC#CCCC(O)(CCC)CCC. The third-order valence-electron chi connectivity index (χ3n) is 2.32. The molecule has 1 heteroatoms. The molecule has 0 heterocycles. The zero-order valence-electron chi connectivity index (χ0n) is 9.19. The van der Waals surface area contributed by atoms with Crippen LogP contribution in [-0.4, -0.2) is 10.7 Å². The van der Waals surface area contributed by atoms with Crippen LogP contribution in [0.5, 0.6) is 0 Å². The second kappa shape index (κ2) is 6.97. The highest BCUT2D eigenvalue weighted by Crippen LogP contribution is 2.24. The van der Waals surface area contributed by atoms with Gasteiger partial charge >= 0.3 is 0 Å². The van der Waals surface area contributed by atoms with E-state index in [0.717, 1.165) is 38.5 Å². The smallest absolute Gasteiger partial charge is 0.0656 e. The van der Waals surface area contributed by atoms with Crippen molar-refractivity contribution < 1.29 is 5.11 Å². The summed E-state index contributed by atoms with van der Waals surface area (Å²) in [5.74, 6) is 5.87. The third-order valence-corrected chi connectivity index (χ3v) is 2.32. The van der Waals surface area contributed by atoms with Gasteiger partial charge in [0.2, 0.25) is 0 Å². The Labute approximate surface area is 82.5 Å². The summed E-state index contributed by atoms with van der Waals surface area (Å²) in [7, 11) is 0. The van der Waals surface area contributed by atoms with Crippen LogP contribution >= 0.6 is 0 Å². The Bertz CT molecular complexity index is 167. The molecule has 0 fully saturated rings. The van der Waals surface area contributed by atoms with E-state index in [0.29, 0.717) is 0 Å². The van der Waals surface area contributed by atoms with Crippen molar-refractivity contribution in [1.82, 2.24) is 0 Å². The van der Waals surface area contributed by atoms with Crippen LogP contribution < -0.4 is 0 Å². The van der Waals surface area contributed by atoms with Crippen LogP contribution in [0.1, 0.15) is 59.3 Å². The van der Waals surface area contributed by atoms with E-state index in [-0.39, 0.29) is 0 Å². The highest BCUT2D eigenvalue weighted by molar-refractivity contribution is 4.96. The molecule has 0 aromatic rings. The van der Waals surface area contributed by atoms with Crippen LogP contribution in [0.2, 0.25) is 0 Å². The fraction of sp³-hybridized carbons (Fsp3) is 0.833. The van der Waals surface area contributed by atoms with E-state index in [1.807, 2.05) is 6.92 Å². The lowest BCUT2D eigenvalue weighted by Gasteiger charge is -2.26. The maximum Gasteiger partial charge on any atom is 0.0656 e. The first-order valence-corrected chi connectivity index (χ1v) is 5.30. The minimum Gasteiger partial charge on any atom is -0.390 e. The fourth-order valence-electron chi connectivity index (χ4n) is 1.73. The maximum atomic E-state index is 10.2. The average molecular weight is 182 g/mol. The normalized spacial score (nSPS) is 10.8.